The highest BCUT2D eigenvalue weighted by atomic mass is 32.1. The minimum absolute atomic E-state index is 0.0398. The summed E-state index contributed by atoms with van der Waals surface area (Å²) in [5.41, 5.74) is -0.618. The third-order valence-corrected chi connectivity index (χ3v) is 6.62. The molecular weight excluding hydrogens is 474 g/mol. The van der Waals surface area contributed by atoms with Crippen molar-refractivity contribution in [2.24, 2.45) is 0 Å². The van der Waals surface area contributed by atoms with E-state index in [4.69, 9.17) is 0 Å². The van der Waals surface area contributed by atoms with Gasteiger partial charge in [-0.15, -0.1) is 11.3 Å². The van der Waals surface area contributed by atoms with E-state index in [1.165, 1.54) is 5.38 Å². The number of imide groups is 1. The van der Waals surface area contributed by atoms with Crippen LogP contribution in [0.1, 0.15) is 12.5 Å². The number of anilines is 1. The average molecular weight is 493 g/mol. The van der Waals surface area contributed by atoms with Gasteiger partial charge in [0.15, 0.2) is 5.13 Å². The molecule has 1 saturated heterocycles. The van der Waals surface area contributed by atoms with Gasteiger partial charge < -0.3 is 10.6 Å². The van der Waals surface area contributed by atoms with Gasteiger partial charge in [0.1, 0.15) is 23.7 Å². The van der Waals surface area contributed by atoms with E-state index < -0.39 is 41.6 Å². The summed E-state index contributed by atoms with van der Waals surface area (Å²) in [5.74, 6) is -2.48. The summed E-state index contributed by atoms with van der Waals surface area (Å²) in [7, 11) is 0. The number of amides is 4. The number of nitrogens with one attached hydrogen (secondary N) is 2. The number of carbonyl (C=O) groups is 3. The van der Waals surface area contributed by atoms with Crippen molar-refractivity contribution in [3.8, 4) is 11.3 Å². The Morgan fingerprint density at radius 1 is 1.09 bits per heavy atom. The maximum Gasteiger partial charge on any atom is 0.325 e. The molecule has 3 aromatic carbocycles. The normalized spacial score (nSPS) is 17.6. The van der Waals surface area contributed by atoms with Crippen LogP contribution in [0.25, 0.3) is 22.0 Å². The van der Waals surface area contributed by atoms with Crippen molar-refractivity contribution in [1.82, 2.24) is 15.2 Å². The highest BCUT2D eigenvalue weighted by molar-refractivity contribution is 7.14. The minimum Gasteiger partial charge on any atom is -0.319 e. The lowest BCUT2D eigenvalue weighted by atomic mass is 9.90. The smallest absolute Gasteiger partial charge is 0.319 e. The zero-order valence-corrected chi connectivity index (χ0v) is 19.2. The molecule has 176 valence electrons. The molecule has 1 aliphatic heterocycles. The predicted molar refractivity (Wildman–Crippen MR) is 128 cm³/mol. The van der Waals surface area contributed by atoms with Gasteiger partial charge in [0.2, 0.25) is 5.91 Å². The van der Waals surface area contributed by atoms with Gasteiger partial charge in [0, 0.05) is 10.9 Å². The summed E-state index contributed by atoms with van der Waals surface area (Å²) in [6, 6.07) is 15.4. The van der Waals surface area contributed by atoms with Crippen LogP contribution in [0.5, 0.6) is 0 Å². The summed E-state index contributed by atoms with van der Waals surface area (Å²) in [4.78, 5) is 43.4. The maximum atomic E-state index is 14.0. The largest absolute Gasteiger partial charge is 0.325 e. The summed E-state index contributed by atoms with van der Waals surface area (Å²) >= 11 is 1.01. The molecule has 0 saturated carbocycles. The highest BCUT2D eigenvalue weighted by Gasteiger charge is 2.49. The van der Waals surface area contributed by atoms with Crippen molar-refractivity contribution in [1.29, 1.82) is 0 Å². The van der Waals surface area contributed by atoms with Crippen molar-refractivity contribution >= 4 is 45.1 Å². The number of fused-ring (bicyclic) bond motifs is 1. The van der Waals surface area contributed by atoms with Crippen molar-refractivity contribution in [3.63, 3.8) is 0 Å². The van der Waals surface area contributed by atoms with E-state index in [1.54, 1.807) is 13.0 Å². The topological polar surface area (TPSA) is 91.4 Å². The van der Waals surface area contributed by atoms with Crippen LogP contribution in [-0.2, 0) is 15.1 Å². The van der Waals surface area contributed by atoms with Crippen molar-refractivity contribution in [2.75, 3.05) is 11.9 Å². The first kappa shape index (κ1) is 22.6. The number of urea groups is 1. The van der Waals surface area contributed by atoms with Crippen molar-refractivity contribution in [3.05, 3.63) is 83.2 Å². The molecule has 1 unspecified atom stereocenters. The fourth-order valence-corrected chi connectivity index (χ4v) is 4.71. The molecule has 2 N–H and O–H groups in total. The second-order valence-electron chi connectivity index (χ2n) is 8.22. The van der Waals surface area contributed by atoms with Crippen LogP contribution in [0, 0.1) is 11.6 Å². The van der Waals surface area contributed by atoms with Gasteiger partial charge in [-0.1, -0.05) is 36.4 Å². The molecular formula is C25H18F2N4O3S. The SMILES string of the molecule is CC1(c2ccc3ccccc3c2)NC(=O)N(CC(=O)Nc2nc(-c3cc(F)ccc3F)cs2)C1=O. The fourth-order valence-electron chi connectivity index (χ4n) is 3.99. The van der Waals surface area contributed by atoms with Crippen molar-refractivity contribution in [2.45, 2.75) is 12.5 Å². The zero-order valence-electron chi connectivity index (χ0n) is 18.3. The molecule has 7 nitrogen and oxygen atoms in total. The summed E-state index contributed by atoms with van der Waals surface area (Å²) in [6.07, 6.45) is 0. The van der Waals surface area contributed by atoms with E-state index in [0.29, 0.717) is 5.56 Å². The van der Waals surface area contributed by atoms with Crippen LogP contribution in [0.15, 0.2) is 66.0 Å². The van der Waals surface area contributed by atoms with Crippen LogP contribution in [0.4, 0.5) is 18.7 Å². The standard InChI is InChI=1S/C25H18F2N4O3S/c1-25(16-7-6-14-4-2-3-5-15(14)10-16)22(33)31(24(34)30-25)12-21(32)29-23-28-20(13-35-23)18-11-17(26)8-9-19(18)27/h2-11,13H,12H2,1H3,(H,30,34)(H,28,29,32). The third-order valence-electron chi connectivity index (χ3n) is 5.86. The molecule has 0 spiro atoms. The number of thiazole rings is 1. The summed E-state index contributed by atoms with van der Waals surface area (Å²) in [5, 5.41) is 8.69. The number of nitrogens with zero attached hydrogens (tertiary/aromatic N) is 2. The van der Waals surface area contributed by atoms with E-state index in [-0.39, 0.29) is 16.4 Å². The molecule has 2 heterocycles. The molecule has 0 aliphatic carbocycles. The number of benzene rings is 3. The van der Waals surface area contributed by atoms with Gasteiger partial charge in [-0.05, 0) is 47.5 Å². The van der Waals surface area contributed by atoms with Crippen LogP contribution in [0.3, 0.4) is 0 Å². The summed E-state index contributed by atoms with van der Waals surface area (Å²) in [6.45, 7) is 1.06. The molecule has 0 bridgehead atoms. The molecule has 35 heavy (non-hydrogen) atoms. The van der Waals surface area contributed by atoms with E-state index in [2.05, 4.69) is 15.6 Å². The van der Waals surface area contributed by atoms with Gasteiger partial charge in [-0.25, -0.2) is 18.6 Å². The van der Waals surface area contributed by atoms with Crippen molar-refractivity contribution < 1.29 is 23.2 Å². The Balaban J connectivity index is 1.31. The number of hydrogen-bond acceptors (Lipinski definition) is 5. The lowest BCUT2D eigenvalue weighted by molar-refractivity contribution is -0.133. The minimum atomic E-state index is -1.33. The monoisotopic (exact) mass is 492 g/mol. The van der Waals surface area contributed by atoms with E-state index in [0.717, 1.165) is 45.2 Å². The Morgan fingerprint density at radius 2 is 1.86 bits per heavy atom. The number of aromatic nitrogens is 1. The van der Waals surface area contributed by atoms with Gasteiger partial charge in [-0.2, -0.15) is 0 Å². The zero-order chi connectivity index (χ0) is 24.7. The quantitative estimate of drug-likeness (QED) is 0.397. The Morgan fingerprint density at radius 3 is 2.66 bits per heavy atom. The molecule has 1 atom stereocenters. The molecule has 1 aromatic heterocycles. The van der Waals surface area contributed by atoms with E-state index in [9.17, 15) is 23.2 Å². The molecule has 1 aliphatic rings. The van der Waals surface area contributed by atoms with Gasteiger partial charge in [-0.3, -0.25) is 14.5 Å². The number of halogens is 2. The molecule has 10 heteroatoms. The summed E-state index contributed by atoms with van der Waals surface area (Å²) < 4.78 is 27.5. The first-order valence-corrected chi connectivity index (χ1v) is 11.5. The second kappa shape index (κ2) is 8.55. The highest BCUT2D eigenvalue weighted by Crippen LogP contribution is 2.31. The fraction of sp³-hybridized carbons (Fsp3) is 0.120. The Kier molecular flexibility index (Phi) is 5.52. The Bertz CT molecular complexity index is 1510. The Hall–Kier alpha value is -4.18. The van der Waals surface area contributed by atoms with E-state index >= 15 is 0 Å². The first-order valence-electron chi connectivity index (χ1n) is 10.6. The van der Waals surface area contributed by atoms with Gasteiger partial charge in [0.25, 0.3) is 5.91 Å². The lowest BCUT2D eigenvalue weighted by Crippen LogP contribution is -2.42. The maximum absolute atomic E-state index is 14.0. The van der Waals surface area contributed by atoms with Crippen LogP contribution < -0.4 is 10.6 Å². The van der Waals surface area contributed by atoms with Crippen LogP contribution in [0.2, 0.25) is 0 Å². The molecule has 4 aromatic rings. The van der Waals surface area contributed by atoms with Crippen LogP contribution >= 0.6 is 11.3 Å². The number of rotatable bonds is 5. The van der Waals surface area contributed by atoms with E-state index in [1.807, 2.05) is 36.4 Å². The number of hydrogen-bond donors (Lipinski definition) is 2. The predicted octanol–water partition coefficient (Wildman–Crippen LogP) is 4.65. The molecule has 0 radical (unpaired) electrons. The first-order chi connectivity index (χ1) is 16.7. The molecule has 5 rings (SSSR count). The molecule has 1 fully saturated rings. The van der Waals surface area contributed by atoms with Gasteiger partial charge in [0.05, 0.1) is 5.69 Å². The molecule has 4 amide bonds. The second-order valence-corrected chi connectivity index (χ2v) is 9.08. The van der Waals surface area contributed by atoms with Crippen LogP contribution in [-0.4, -0.2) is 34.3 Å². The lowest BCUT2D eigenvalue weighted by Gasteiger charge is -2.22. The average Bonchev–Trinajstić information content (AvgIpc) is 3.38. The Labute approximate surface area is 202 Å². The van der Waals surface area contributed by atoms with Gasteiger partial charge >= 0.3 is 6.03 Å². The third kappa shape index (κ3) is 4.12. The number of carbonyl (C=O) groups excluding carboxylic acids is 3.